The highest BCUT2D eigenvalue weighted by Gasteiger charge is 2.16. The van der Waals surface area contributed by atoms with E-state index in [9.17, 15) is 14.9 Å². The Bertz CT molecular complexity index is 772. The van der Waals surface area contributed by atoms with E-state index in [-0.39, 0.29) is 18.3 Å². The number of methoxy groups -OCH3 is 2. The molecule has 25 heavy (non-hydrogen) atoms. The third-order valence-corrected chi connectivity index (χ3v) is 3.65. The van der Waals surface area contributed by atoms with Crippen LogP contribution in [0.3, 0.4) is 0 Å². The second-order valence-electron chi connectivity index (χ2n) is 5.32. The van der Waals surface area contributed by atoms with Crippen LogP contribution in [0.1, 0.15) is 11.4 Å². The standard InChI is InChI=1S/C16H20N4O5/c1-11-18-15(20(22)23)9-19(11)10-16(21)17-7-6-12-4-5-13(24-2)14(8-12)25-3/h4-5,8-9H,6-7,10H2,1-3H3,(H,17,21). The first-order valence-electron chi connectivity index (χ1n) is 7.60. The van der Waals surface area contributed by atoms with Crippen molar-refractivity contribution in [3.8, 4) is 11.5 Å². The van der Waals surface area contributed by atoms with E-state index in [0.717, 1.165) is 5.56 Å². The Morgan fingerprint density at radius 1 is 1.32 bits per heavy atom. The van der Waals surface area contributed by atoms with Gasteiger partial charge in [-0.1, -0.05) is 6.07 Å². The number of benzene rings is 1. The van der Waals surface area contributed by atoms with Gasteiger partial charge in [0.25, 0.3) is 0 Å². The lowest BCUT2D eigenvalue weighted by molar-refractivity contribution is -0.389. The van der Waals surface area contributed by atoms with E-state index in [2.05, 4.69) is 10.3 Å². The Labute approximate surface area is 144 Å². The van der Waals surface area contributed by atoms with Crippen molar-refractivity contribution in [3.63, 3.8) is 0 Å². The van der Waals surface area contributed by atoms with Crippen LogP contribution in [0.15, 0.2) is 24.4 Å². The van der Waals surface area contributed by atoms with Crippen molar-refractivity contribution in [2.45, 2.75) is 19.9 Å². The number of amides is 1. The van der Waals surface area contributed by atoms with Gasteiger partial charge in [0.2, 0.25) is 11.7 Å². The molecule has 0 saturated carbocycles. The van der Waals surface area contributed by atoms with Crippen LogP contribution in [0.4, 0.5) is 5.82 Å². The van der Waals surface area contributed by atoms with Gasteiger partial charge in [-0.05, 0) is 34.0 Å². The minimum atomic E-state index is -0.585. The number of aromatic nitrogens is 2. The second kappa shape index (κ2) is 8.13. The van der Waals surface area contributed by atoms with E-state index in [4.69, 9.17) is 9.47 Å². The van der Waals surface area contributed by atoms with Gasteiger partial charge in [-0.3, -0.25) is 9.36 Å². The van der Waals surface area contributed by atoms with E-state index in [1.54, 1.807) is 21.1 Å². The molecule has 1 aromatic carbocycles. The summed E-state index contributed by atoms with van der Waals surface area (Å²) >= 11 is 0. The molecular weight excluding hydrogens is 328 g/mol. The molecule has 0 radical (unpaired) electrons. The van der Waals surface area contributed by atoms with Gasteiger partial charge in [0.1, 0.15) is 12.7 Å². The van der Waals surface area contributed by atoms with Crippen LogP contribution in [0.25, 0.3) is 0 Å². The first kappa shape index (κ1) is 18.2. The van der Waals surface area contributed by atoms with Crippen LogP contribution < -0.4 is 14.8 Å². The van der Waals surface area contributed by atoms with Gasteiger partial charge in [0.15, 0.2) is 11.5 Å². The van der Waals surface area contributed by atoms with Crippen LogP contribution >= 0.6 is 0 Å². The second-order valence-corrected chi connectivity index (χ2v) is 5.32. The van der Waals surface area contributed by atoms with Gasteiger partial charge in [-0.25, -0.2) is 0 Å². The number of carbonyl (C=O) groups is 1. The summed E-state index contributed by atoms with van der Waals surface area (Å²) in [5, 5.41) is 13.5. The third-order valence-electron chi connectivity index (χ3n) is 3.65. The first-order chi connectivity index (χ1) is 11.9. The molecule has 0 fully saturated rings. The minimum Gasteiger partial charge on any atom is -0.493 e. The molecule has 134 valence electrons. The monoisotopic (exact) mass is 348 g/mol. The smallest absolute Gasteiger partial charge is 0.381 e. The Hall–Kier alpha value is -3.10. The number of imidazole rings is 1. The van der Waals surface area contributed by atoms with Gasteiger partial charge in [0.05, 0.1) is 14.2 Å². The Morgan fingerprint density at radius 3 is 2.64 bits per heavy atom. The molecule has 9 heteroatoms. The fourth-order valence-corrected chi connectivity index (χ4v) is 2.33. The number of hydrogen-bond donors (Lipinski definition) is 1. The average Bonchev–Trinajstić information content (AvgIpc) is 2.95. The lowest BCUT2D eigenvalue weighted by Gasteiger charge is -2.10. The molecule has 1 heterocycles. The van der Waals surface area contributed by atoms with Gasteiger partial charge in [-0.15, -0.1) is 0 Å². The molecule has 0 aliphatic heterocycles. The molecule has 2 aromatic rings. The van der Waals surface area contributed by atoms with Gasteiger partial charge in [-0.2, -0.15) is 0 Å². The Morgan fingerprint density at radius 2 is 2.04 bits per heavy atom. The Kier molecular flexibility index (Phi) is 5.93. The third kappa shape index (κ3) is 4.69. The maximum atomic E-state index is 12.0. The predicted molar refractivity (Wildman–Crippen MR) is 89.9 cm³/mol. The SMILES string of the molecule is COc1ccc(CCNC(=O)Cn2cc([N+](=O)[O-])nc2C)cc1OC. The lowest BCUT2D eigenvalue weighted by Crippen LogP contribution is -2.29. The molecule has 0 unspecified atom stereocenters. The largest absolute Gasteiger partial charge is 0.493 e. The van der Waals surface area contributed by atoms with Crippen LogP contribution in [0, 0.1) is 17.0 Å². The number of nitrogens with one attached hydrogen (secondary N) is 1. The number of carbonyl (C=O) groups excluding carboxylic acids is 1. The molecule has 9 nitrogen and oxygen atoms in total. The topological polar surface area (TPSA) is 109 Å². The van der Waals surface area contributed by atoms with Gasteiger partial charge < -0.3 is 24.9 Å². The average molecular weight is 348 g/mol. The summed E-state index contributed by atoms with van der Waals surface area (Å²) in [6, 6.07) is 5.56. The van der Waals surface area contributed by atoms with E-state index < -0.39 is 4.92 Å². The lowest BCUT2D eigenvalue weighted by atomic mass is 10.1. The fraction of sp³-hybridized carbons (Fsp3) is 0.375. The van der Waals surface area contributed by atoms with Crippen molar-refractivity contribution >= 4 is 11.7 Å². The van der Waals surface area contributed by atoms with Crippen molar-refractivity contribution in [2.75, 3.05) is 20.8 Å². The van der Waals surface area contributed by atoms with Crippen molar-refractivity contribution in [2.24, 2.45) is 0 Å². The van der Waals surface area contributed by atoms with Crippen molar-refractivity contribution in [1.82, 2.24) is 14.9 Å². The number of rotatable bonds is 8. The maximum Gasteiger partial charge on any atom is 0.381 e. The number of aryl methyl sites for hydroxylation is 1. The number of hydrogen-bond acceptors (Lipinski definition) is 6. The molecule has 0 spiro atoms. The molecule has 0 saturated heterocycles. The Balaban J connectivity index is 1.87. The molecule has 2 rings (SSSR count). The van der Waals surface area contributed by atoms with E-state index >= 15 is 0 Å². The molecule has 0 aliphatic carbocycles. The van der Waals surface area contributed by atoms with Crippen LogP contribution in [-0.4, -0.2) is 41.1 Å². The normalized spacial score (nSPS) is 10.4. The van der Waals surface area contributed by atoms with Crippen LogP contribution in [0.5, 0.6) is 11.5 Å². The summed E-state index contributed by atoms with van der Waals surface area (Å²) in [5.74, 6) is 1.19. The summed E-state index contributed by atoms with van der Waals surface area (Å²) < 4.78 is 11.9. The predicted octanol–water partition coefficient (Wildman–Crippen LogP) is 1.48. The maximum absolute atomic E-state index is 12.0. The molecule has 0 bridgehead atoms. The van der Waals surface area contributed by atoms with E-state index in [1.165, 1.54) is 10.8 Å². The first-order valence-corrected chi connectivity index (χ1v) is 7.60. The zero-order valence-corrected chi connectivity index (χ0v) is 14.3. The summed E-state index contributed by atoms with van der Waals surface area (Å²) in [7, 11) is 3.14. The molecule has 1 N–H and O–H groups in total. The zero-order valence-electron chi connectivity index (χ0n) is 14.3. The molecule has 0 aliphatic rings. The van der Waals surface area contributed by atoms with Crippen LogP contribution in [0.2, 0.25) is 0 Å². The number of ether oxygens (including phenoxy) is 2. The van der Waals surface area contributed by atoms with E-state index in [1.807, 2.05) is 18.2 Å². The highest BCUT2D eigenvalue weighted by Crippen LogP contribution is 2.27. The summed E-state index contributed by atoms with van der Waals surface area (Å²) in [6.45, 7) is 2.03. The van der Waals surface area contributed by atoms with E-state index in [0.29, 0.717) is 30.3 Å². The highest BCUT2D eigenvalue weighted by atomic mass is 16.6. The summed E-state index contributed by atoms with van der Waals surface area (Å²) in [5.41, 5.74) is 0.993. The highest BCUT2D eigenvalue weighted by molar-refractivity contribution is 5.75. The number of nitro groups is 1. The van der Waals surface area contributed by atoms with Gasteiger partial charge in [0, 0.05) is 13.5 Å². The van der Waals surface area contributed by atoms with Crippen LogP contribution in [-0.2, 0) is 17.8 Å². The zero-order chi connectivity index (χ0) is 18.4. The number of nitrogens with zero attached hydrogens (tertiary/aromatic N) is 3. The van der Waals surface area contributed by atoms with Crippen molar-refractivity contribution in [1.29, 1.82) is 0 Å². The summed E-state index contributed by atoms with van der Waals surface area (Å²) in [4.78, 5) is 25.9. The quantitative estimate of drug-likeness (QED) is 0.572. The summed E-state index contributed by atoms with van der Waals surface area (Å²) in [6.07, 6.45) is 1.87. The molecular formula is C16H20N4O5. The minimum absolute atomic E-state index is 0.0153. The molecule has 0 atom stereocenters. The molecule has 1 amide bonds. The fourth-order valence-electron chi connectivity index (χ4n) is 2.33. The van der Waals surface area contributed by atoms with Crippen molar-refractivity contribution < 1.29 is 19.2 Å². The van der Waals surface area contributed by atoms with Crippen molar-refractivity contribution in [3.05, 3.63) is 45.9 Å². The van der Waals surface area contributed by atoms with Gasteiger partial charge >= 0.3 is 5.82 Å². The molecule has 1 aromatic heterocycles.